The molecule has 7 heteroatoms. The van der Waals surface area contributed by atoms with Crippen molar-refractivity contribution in [1.82, 2.24) is 9.71 Å². The molecule has 2 N–H and O–H groups in total. The molecule has 0 spiro atoms. The van der Waals surface area contributed by atoms with Gasteiger partial charge in [0, 0.05) is 24.1 Å². The maximum Gasteiger partial charge on any atom is 0.331 e. The highest BCUT2D eigenvalue weighted by molar-refractivity contribution is 7.82. The molecule has 2 aromatic rings. The first kappa shape index (κ1) is 20.8. The van der Waals surface area contributed by atoms with E-state index in [0.29, 0.717) is 5.88 Å². The molecular formula is C23H29N3O3S. The molecule has 30 heavy (non-hydrogen) atoms. The van der Waals surface area contributed by atoms with Crippen LogP contribution in [0, 0.1) is 6.92 Å². The number of hydrogen-bond donors (Lipinski definition) is 2. The number of fused-ring (bicyclic) bond motifs is 1. The third-order valence-electron chi connectivity index (χ3n) is 5.94. The average molecular weight is 428 g/mol. The molecular weight excluding hydrogens is 398 g/mol. The van der Waals surface area contributed by atoms with E-state index in [2.05, 4.69) is 28.0 Å². The van der Waals surface area contributed by atoms with Crippen LogP contribution in [-0.4, -0.2) is 27.6 Å². The molecule has 1 aromatic heterocycles. The van der Waals surface area contributed by atoms with Crippen LogP contribution in [0.15, 0.2) is 24.4 Å². The van der Waals surface area contributed by atoms with Crippen LogP contribution in [0.4, 0.5) is 10.5 Å². The molecule has 6 nitrogen and oxygen atoms in total. The second-order valence-corrected chi connectivity index (χ2v) is 9.32. The lowest BCUT2D eigenvalue weighted by atomic mass is 9.93. The zero-order valence-electron chi connectivity index (χ0n) is 17.6. The van der Waals surface area contributed by atoms with Crippen LogP contribution in [-0.2, 0) is 23.8 Å². The van der Waals surface area contributed by atoms with Gasteiger partial charge in [0.2, 0.25) is 5.88 Å². The molecule has 1 heterocycles. The molecule has 0 aliphatic heterocycles. The zero-order valence-corrected chi connectivity index (χ0v) is 18.4. The lowest BCUT2D eigenvalue weighted by Crippen LogP contribution is -2.30. The number of rotatable bonds is 5. The fourth-order valence-corrected chi connectivity index (χ4v) is 4.97. The Labute approximate surface area is 180 Å². The number of amides is 2. The summed E-state index contributed by atoms with van der Waals surface area (Å²) in [7, 11) is -1.42. The number of hydrogen-bond acceptors (Lipinski definition) is 4. The summed E-state index contributed by atoms with van der Waals surface area (Å²) in [5, 5.41) is 2.98. The van der Waals surface area contributed by atoms with Gasteiger partial charge in [-0.3, -0.25) is 4.72 Å². The minimum Gasteiger partial charge on any atom is -0.474 e. The van der Waals surface area contributed by atoms with Gasteiger partial charge in [0.05, 0.1) is 5.69 Å². The van der Waals surface area contributed by atoms with Crippen molar-refractivity contribution in [2.24, 2.45) is 0 Å². The van der Waals surface area contributed by atoms with Gasteiger partial charge in [-0.25, -0.2) is 14.0 Å². The highest BCUT2D eigenvalue weighted by Gasteiger charge is 2.23. The van der Waals surface area contributed by atoms with Crippen molar-refractivity contribution >= 4 is 22.7 Å². The molecule has 4 rings (SSSR count). The summed E-state index contributed by atoms with van der Waals surface area (Å²) in [6, 6.07) is 5.70. The Bertz CT molecular complexity index is 970. The van der Waals surface area contributed by atoms with Crippen LogP contribution in [0.1, 0.15) is 55.2 Å². The molecule has 2 aliphatic carbocycles. The molecule has 160 valence electrons. The Hall–Kier alpha value is -2.41. The summed E-state index contributed by atoms with van der Waals surface area (Å²) in [5.41, 5.74) is 6.29. The van der Waals surface area contributed by atoms with Crippen LogP contribution < -0.4 is 14.8 Å². The van der Waals surface area contributed by atoms with E-state index in [1.54, 1.807) is 6.20 Å². The predicted molar refractivity (Wildman–Crippen MR) is 120 cm³/mol. The number of carbonyl (C=O) groups is 1. The lowest BCUT2D eigenvalue weighted by molar-refractivity contribution is 0.149. The smallest absolute Gasteiger partial charge is 0.331 e. The van der Waals surface area contributed by atoms with E-state index in [1.165, 1.54) is 36.6 Å². The van der Waals surface area contributed by atoms with Gasteiger partial charge in [0.25, 0.3) is 0 Å². The van der Waals surface area contributed by atoms with Gasteiger partial charge in [-0.1, -0.05) is 12.5 Å². The number of anilines is 1. The Morgan fingerprint density at radius 3 is 2.73 bits per heavy atom. The number of nitrogens with one attached hydrogen (secondary N) is 2. The quantitative estimate of drug-likeness (QED) is 0.726. The minimum absolute atomic E-state index is 0.227. The fourth-order valence-electron chi connectivity index (χ4n) is 4.66. The number of urea groups is 1. The highest BCUT2D eigenvalue weighted by Crippen LogP contribution is 2.40. The summed E-state index contributed by atoms with van der Waals surface area (Å²) in [6.07, 6.45) is 12.3. The summed E-state index contributed by atoms with van der Waals surface area (Å²) in [5.74, 6) is 0.629. The van der Waals surface area contributed by atoms with Crippen molar-refractivity contribution < 1.29 is 13.7 Å². The van der Waals surface area contributed by atoms with E-state index in [1.807, 2.05) is 12.1 Å². The van der Waals surface area contributed by atoms with Crippen molar-refractivity contribution in [3.05, 3.63) is 41.1 Å². The number of aryl methyl sites for hydroxylation is 2. The molecule has 1 saturated carbocycles. The summed E-state index contributed by atoms with van der Waals surface area (Å²) in [6.45, 7) is 2.07. The van der Waals surface area contributed by atoms with Gasteiger partial charge in [-0.15, -0.1) is 0 Å². The average Bonchev–Trinajstić information content (AvgIpc) is 3.16. The van der Waals surface area contributed by atoms with E-state index in [9.17, 15) is 9.00 Å². The first-order valence-corrected chi connectivity index (χ1v) is 12.3. The van der Waals surface area contributed by atoms with Crippen LogP contribution in [0.2, 0.25) is 0 Å². The minimum atomic E-state index is -1.42. The van der Waals surface area contributed by atoms with Crippen LogP contribution in [0.25, 0.3) is 11.1 Å². The van der Waals surface area contributed by atoms with Crippen LogP contribution in [0.3, 0.4) is 0 Å². The normalized spacial score (nSPS) is 17.3. The van der Waals surface area contributed by atoms with Gasteiger partial charge in [0.15, 0.2) is 0 Å². The molecule has 0 saturated heterocycles. The Morgan fingerprint density at radius 1 is 1.17 bits per heavy atom. The van der Waals surface area contributed by atoms with Crippen molar-refractivity contribution in [2.45, 2.75) is 64.4 Å². The third kappa shape index (κ3) is 4.67. The van der Waals surface area contributed by atoms with Gasteiger partial charge >= 0.3 is 6.03 Å². The summed E-state index contributed by atoms with van der Waals surface area (Å²) >= 11 is 0. The molecule has 1 fully saturated rings. The SMILES string of the molecule is Cc1cc2c(c(NC(=O)NS(C)=O)c1-c1ccnc(OC3CCCCC3)c1)CCC2. The predicted octanol–water partition coefficient (Wildman–Crippen LogP) is 4.67. The number of aromatic nitrogens is 1. The molecule has 1 aromatic carbocycles. The topological polar surface area (TPSA) is 80.3 Å². The number of pyridine rings is 1. The second kappa shape index (κ2) is 9.16. The van der Waals surface area contributed by atoms with Gasteiger partial charge in [-0.2, -0.15) is 0 Å². The third-order valence-corrected chi connectivity index (χ3v) is 6.41. The lowest BCUT2D eigenvalue weighted by Gasteiger charge is -2.23. The van der Waals surface area contributed by atoms with Crippen molar-refractivity contribution in [1.29, 1.82) is 0 Å². The Balaban J connectivity index is 1.70. The van der Waals surface area contributed by atoms with E-state index < -0.39 is 17.0 Å². The van der Waals surface area contributed by atoms with Crippen LogP contribution in [0.5, 0.6) is 5.88 Å². The number of ether oxygens (including phenoxy) is 1. The Kier molecular flexibility index (Phi) is 6.37. The largest absolute Gasteiger partial charge is 0.474 e. The van der Waals surface area contributed by atoms with E-state index in [0.717, 1.165) is 54.5 Å². The monoisotopic (exact) mass is 427 g/mol. The maximum atomic E-state index is 12.4. The fraction of sp³-hybridized carbons (Fsp3) is 0.478. The second-order valence-electron chi connectivity index (χ2n) is 8.21. The summed E-state index contributed by atoms with van der Waals surface area (Å²) < 4.78 is 20.1. The van der Waals surface area contributed by atoms with Crippen LogP contribution >= 0.6 is 0 Å². The molecule has 1 atom stereocenters. The number of carbonyl (C=O) groups excluding carboxylic acids is 1. The summed E-state index contributed by atoms with van der Waals surface area (Å²) in [4.78, 5) is 16.8. The van der Waals surface area contributed by atoms with Crippen molar-refractivity contribution in [2.75, 3.05) is 11.6 Å². The van der Waals surface area contributed by atoms with Gasteiger partial charge < -0.3 is 10.1 Å². The molecule has 1 unspecified atom stereocenters. The molecule has 2 amide bonds. The Morgan fingerprint density at radius 2 is 1.97 bits per heavy atom. The van der Waals surface area contributed by atoms with E-state index in [4.69, 9.17) is 4.74 Å². The zero-order chi connectivity index (χ0) is 21.1. The first-order valence-electron chi connectivity index (χ1n) is 10.7. The molecule has 2 aliphatic rings. The van der Waals surface area contributed by atoms with Gasteiger partial charge in [-0.05, 0) is 80.2 Å². The molecule has 0 bridgehead atoms. The van der Waals surface area contributed by atoms with Crippen molar-refractivity contribution in [3.8, 4) is 17.0 Å². The molecule has 0 radical (unpaired) electrons. The number of benzene rings is 1. The van der Waals surface area contributed by atoms with E-state index in [-0.39, 0.29) is 6.10 Å². The maximum absolute atomic E-state index is 12.4. The standard InChI is InChI=1S/C23H29N3O3S/c1-15-13-16-7-6-10-19(16)22(25-23(27)26-30(2)28)21(15)17-11-12-24-20(14-17)29-18-8-4-3-5-9-18/h11-14,18H,3-10H2,1-2H3,(H2,25,26,27). The highest BCUT2D eigenvalue weighted by atomic mass is 32.2. The first-order chi connectivity index (χ1) is 14.5. The number of nitrogens with zero attached hydrogens (tertiary/aromatic N) is 1. The van der Waals surface area contributed by atoms with Crippen molar-refractivity contribution in [3.63, 3.8) is 0 Å². The van der Waals surface area contributed by atoms with E-state index >= 15 is 0 Å². The van der Waals surface area contributed by atoms with Gasteiger partial charge in [0.1, 0.15) is 17.1 Å².